The first kappa shape index (κ1) is 15.3. The molecule has 0 aromatic rings. The number of hydrogen-bond acceptors (Lipinski definition) is 2. The Kier molecular flexibility index (Phi) is 4.62. The van der Waals surface area contributed by atoms with Gasteiger partial charge in [-0.15, -0.1) is 0 Å². The number of piperazine rings is 1. The third-order valence-corrected chi connectivity index (χ3v) is 5.70. The summed E-state index contributed by atoms with van der Waals surface area (Å²) in [5.41, 5.74) is 0.810. The molecule has 2 unspecified atom stereocenters. The van der Waals surface area contributed by atoms with Crippen molar-refractivity contribution in [2.24, 2.45) is 5.41 Å². The molecule has 19 heavy (non-hydrogen) atoms. The molecule has 0 amide bonds. The second-order valence-electron chi connectivity index (χ2n) is 8.00. The quantitative estimate of drug-likeness (QED) is 0.817. The lowest BCUT2D eigenvalue weighted by atomic mass is 9.77. The minimum Gasteiger partial charge on any atom is -0.308 e. The number of hydrogen-bond donors (Lipinski definition) is 1. The van der Waals surface area contributed by atoms with Gasteiger partial charge in [0.05, 0.1) is 0 Å². The largest absolute Gasteiger partial charge is 0.308 e. The predicted octanol–water partition coefficient (Wildman–Crippen LogP) is 3.81. The van der Waals surface area contributed by atoms with Crippen LogP contribution in [0.25, 0.3) is 0 Å². The zero-order valence-electron chi connectivity index (χ0n) is 13.8. The Bertz CT molecular complexity index is 286. The van der Waals surface area contributed by atoms with E-state index in [0.29, 0.717) is 17.0 Å². The molecule has 1 N–H and O–H groups in total. The molecule has 112 valence electrons. The monoisotopic (exact) mass is 266 g/mol. The highest BCUT2D eigenvalue weighted by Crippen LogP contribution is 2.35. The van der Waals surface area contributed by atoms with Crippen LogP contribution in [-0.2, 0) is 0 Å². The van der Waals surface area contributed by atoms with E-state index in [2.05, 4.69) is 44.8 Å². The number of rotatable bonds is 2. The normalized spacial score (nSPS) is 30.5. The third-order valence-electron chi connectivity index (χ3n) is 5.70. The zero-order valence-corrected chi connectivity index (χ0v) is 13.8. The fourth-order valence-electron chi connectivity index (χ4n) is 3.88. The van der Waals surface area contributed by atoms with E-state index in [1.165, 1.54) is 51.6 Å². The van der Waals surface area contributed by atoms with Crippen LogP contribution in [0.1, 0.15) is 73.1 Å². The highest BCUT2D eigenvalue weighted by atomic mass is 15.3. The minimum atomic E-state index is 0.376. The lowest BCUT2D eigenvalue weighted by molar-refractivity contribution is -0.00657. The van der Waals surface area contributed by atoms with E-state index in [1.807, 2.05) is 0 Å². The van der Waals surface area contributed by atoms with Crippen molar-refractivity contribution in [2.45, 2.75) is 90.8 Å². The molecule has 1 saturated carbocycles. The van der Waals surface area contributed by atoms with Crippen molar-refractivity contribution >= 4 is 0 Å². The van der Waals surface area contributed by atoms with Gasteiger partial charge in [-0.25, -0.2) is 0 Å². The fraction of sp³-hybridized carbons (Fsp3) is 1.00. The molecule has 1 aliphatic carbocycles. The van der Waals surface area contributed by atoms with Crippen molar-refractivity contribution in [1.29, 1.82) is 0 Å². The zero-order chi connectivity index (χ0) is 14.1. The van der Waals surface area contributed by atoms with Gasteiger partial charge in [0.1, 0.15) is 0 Å². The smallest absolute Gasteiger partial charge is 0.0309 e. The summed E-state index contributed by atoms with van der Waals surface area (Å²) >= 11 is 0. The molecule has 0 radical (unpaired) electrons. The van der Waals surface area contributed by atoms with Crippen LogP contribution in [0.3, 0.4) is 0 Å². The average molecular weight is 266 g/mol. The molecule has 2 fully saturated rings. The van der Waals surface area contributed by atoms with Crippen LogP contribution in [-0.4, -0.2) is 35.6 Å². The summed E-state index contributed by atoms with van der Waals surface area (Å²) < 4.78 is 0. The number of nitrogens with zero attached hydrogens (tertiary/aromatic N) is 1. The van der Waals surface area contributed by atoms with Crippen molar-refractivity contribution < 1.29 is 0 Å². The molecule has 2 atom stereocenters. The Morgan fingerprint density at radius 1 is 1.21 bits per heavy atom. The molecule has 2 nitrogen and oxygen atoms in total. The third kappa shape index (κ3) is 3.33. The molecule has 2 rings (SSSR count). The summed E-state index contributed by atoms with van der Waals surface area (Å²) in [6.07, 6.45) is 8.32. The molecule has 0 aromatic heterocycles. The van der Waals surface area contributed by atoms with Crippen LogP contribution in [0.5, 0.6) is 0 Å². The first-order valence-corrected chi connectivity index (χ1v) is 8.39. The topological polar surface area (TPSA) is 15.3 Å². The first-order chi connectivity index (χ1) is 8.88. The van der Waals surface area contributed by atoms with Crippen LogP contribution >= 0.6 is 0 Å². The van der Waals surface area contributed by atoms with E-state index in [9.17, 15) is 0 Å². The molecule has 1 aliphatic heterocycles. The van der Waals surface area contributed by atoms with Crippen LogP contribution in [0.2, 0.25) is 0 Å². The molecule has 1 heterocycles. The number of nitrogens with one attached hydrogen (secondary N) is 1. The van der Waals surface area contributed by atoms with Gasteiger partial charge >= 0.3 is 0 Å². The van der Waals surface area contributed by atoms with Gasteiger partial charge in [0.15, 0.2) is 0 Å². The summed E-state index contributed by atoms with van der Waals surface area (Å²) in [5, 5.41) is 3.93. The SMILES string of the molecule is CCC1CNC2(CCCCC2)CN1C(C)C(C)(C)C. The van der Waals surface area contributed by atoms with Crippen molar-refractivity contribution in [3.8, 4) is 0 Å². The Balaban J connectivity index is 2.12. The van der Waals surface area contributed by atoms with E-state index >= 15 is 0 Å². The first-order valence-electron chi connectivity index (χ1n) is 8.39. The summed E-state index contributed by atoms with van der Waals surface area (Å²) in [6.45, 7) is 14.4. The average Bonchev–Trinajstić information content (AvgIpc) is 2.38. The summed E-state index contributed by atoms with van der Waals surface area (Å²) in [4.78, 5) is 2.82. The molecule has 0 bridgehead atoms. The Morgan fingerprint density at radius 2 is 1.84 bits per heavy atom. The molecule has 1 spiro atoms. The molecular weight excluding hydrogens is 232 g/mol. The van der Waals surface area contributed by atoms with Gasteiger partial charge in [0.25, 0.3) is 0 Å². The van der Waals surface area contributed by atoms with E-state index in [1.54, 1.807) is 0 Å². The maximum atomic E-state index is 3.93. The van der Waals surface area contributed by atoms with Crippen LogP contribution in [0, 0.1) is 5.41 Å². The Hall–Kier alpha value is -0.0800. The van der Waals surface area contributed by atoms with E-state index in [0.717, 1.165) is 6.04 Å². The summed E-state index contributed by atoms with van der Waals surface area (Å²) in [7, 11) is 0. The van der Waals surface area contributed by atoms with Gasteiger partial charge in [-0.3, -0.25) is 4.90 Å². The summed E-state index contributed by atoms with van der Waals surface area (Å²) in [6, 6.07) is 1.39. The lowest BCUT2D eigenvalue weighted by Crippen LogP contribution is -2.67. The molecule has 1 saturated heterocycles. The van der Waals surface area contributed by atoms with E-state index < -0.39 is 0 Å². The van der Waals surface area contributed by atoms with Gasteiger partial charge in [-0.05, 0) is 31.6 Å². The molecule has 2 aliphatic rings. The maximum Gasteiger partial charge on any atom is 0.0309 e. The lowest BCUT2D eigenvalue weighted by Gasteiger charge is -2.53. The maximum absolute atomic E-state index is 3.93. The molecule has 2 heteroatoms. The molecular formula is C17H34N2. The summed E-state index contributed by atoms with van der Waals surface area (Å²) in [5.74, 6) is 0. The van der Waals surface area contributed by atoms with Crippen molar-refractivity contribution in [1.82, 2.24) is 10.2 Å². The highest BCUT2D eigenvalue weighted by Gasteiger charge is 2.42. The van der Waals surface area contributed by atoms with E-state index in [4.69, 9.17) is 0 Å². The van der Waals surface area contributed by atoms with Crippen LogP contribution in [0.4, 0.5) is 0 Å². The fourth-order valence-corrected chi connectivity index (χ4v) is 3.88. The molecule has 0 aromatic carbocycles. The van der Waals surface area contributed by atoms with Gasteiger partial charge in [-0.1, -0.05) is 47.0 Å². The van der Waals surface area contributed by atoms with Gasteiger partial charge < -0.3 is 5.32 Å². The standard InChI is InChI=1S/C17H34N2/c1-6-15-12-18-17(10-8-7-9-11-17)13-19(15)14(2)16(3,4)5/h14-15,18H,6-13H2,1-5H3. The Morgan fingerprint density at radius 3 is 2.37 bits per heavy atom. The van der Waals surface area contributed by atoms with Gasteiger partial charge in [0.2, 0.25) is 0 Å². The second-order valence-corrected chi connectivity index (χ2v) is 8.00. The van der Waals surface area contributed by atoms with Gasteiger partial charge in [0, 0.05) is 30.7 Å². The van der Waals surface area contributed by atoms with E-state index in [-0.39, 0.29) is 0 Å². The predicted molar refractivity (Wildman–Crippen MR) is 83.5 cm³/mol. The second kappa shape index (κ2) is 5.73. The Labute approximate surface area is 120 Å². The van der Waals surface area contributed by atoms with Crippen LogP contribution < -0.4 is 5.32 Å². The van der Waals surface area contributed by atoms with Crippen LogP contribution in [0.15, 0.2) is 0 Å². The van der Waals surface area contributed by atoms with Gasteiger partial charge in [-0.2, -0.15) is 0 Å². The van der Waals surface area contributed by atoms with Crippen molar-refractivity contribution in [3.63, 3.8) is 0 Å². The van der Waals surface area contributed by atoms with Crippen molar-refractivity contribution in [3.05, 3.63) is 0 Å². The highest BCUT2D eigenvalue weighted by molar-refractivity contribution is 5.01. The van der Waals surface area contributed by atoms with Crippen molar-refractivity contribution in [2.75, 3.05) is 13.1 Å². The minimum absolute atomic E-state index is 0.376.